The molecule has 0 heterocycles. The molecule has 0 bridgehead atoms. The highest BCUT2D eigenvalue weighted by Gasteiger charge is 1.90. The van der Waals surface area contributed by atoms with Gasteiger partial charge in [-0.25, -0.2) is 0 Å². The molecule has 0 amide bonds. The Bertz CT molecular complexity index is 87.1. The van der Waals surface area contributed by atoms with E-state index in [1.807, 2.05) is 6.92 Å². The Kier molecular flexibility index (Phi) is 25.1. The molecule has 0 rings (SSSR count). The molecule has 0 saturated heterocycles. The van der Waals surface area contributed by atoms with Crippen molar-refractivity contribution in [2.75, 3.05) is 6.54 Å². The number of hydrogen-bond donors (Lipinski definition) is 2. The van der Waals surface area contributed by atoms with E-state index in [0.717, 1.165) is 25.8 Å². The average molecular weight is 198 g/mol. The first-order chi connectivity index (χ1) is 5.18. The molecule has 0 aliphatic heterocycles. The maximum absolute atomic E-state index is 9.76. The molecule has 4 heteroatoms. The largest absolute Gasteiger partial charge is 0.481 e. The van der Waals surface area contributed by atoms with Crippen LogP contribution in [0.3, 0.4) is 0 Å². The number of carboxylic acids is 1. The molecular formula is C8H20ClNO2. The second kappa shape index (κ2) is 17.0. The Labute approximate surface area is 80.7 Å². The molecule has 0 spiro atoms. The van der Waals surface area contributed by atoms with E-state index >= 15 is 0 Å². The molecule has 0 aromatic carbocycles. The second-order valence-corrected chi connectivity index (χ2v) is 2.29. The van der Waals surface area contributed by atoms with Crippen molar-refractivity contribution in [3.8, 4) is 0 Å². The van der Waals surface area contributed by atoms with Crippen molar-refractivity contribution >= 4 is 18.4 Å². The number of carboxylic acid groups (broad SMARTS) is 1. The average Bonchev–Trinajstić information content (AvgIpc) is 2.01. The number of rotatable bonds is 4. The van der Waals surface area contributed by atoms with Crippen molar-refractivity contribution < 1.29 is 9.90 Å². The minimum absolute atomic E-state index is 0. The third-order valence-electron chi connectivity index (χ3n) is 1.03. The molecule has 0 fully saturated rings. The third kappa shape index (κ3) is 33.2. The van der Waals surface area contributed by atoms with Gasteiger partial charge >= 0.3 is 5.97 Å². The Balaban J connectivity index is -0.000000142. The van der Waals surface area contributed by atoms with Gasteiger partial charge in [-0.2, -0.15) is 0 Å². The number of unbranched alkanes of at least 4 members (excludes halogenated alkanes) is 1. The Morgan fingerprint density at radius 3 is 1.83 bits per heavy atom. The summed E-state index contributed by atoms with van der Waals surface area (Å²) < 4.78 is 0. The SMILES string of the molecule is CCCCC(=O)O.CCCN.Cl. The van der Waals surface area contributed by atoms with Crippen LogP contribution in [0, 0.1) is 0 Å². The summed E-state index contributed by atoms with van der Waals surface area (Å²) in [6.07, 6.45) is 3.18. The van der Waals surface area contributed by atoms with Gasteiger partial charge in [-0.15, -0.1) is 12.4 Å². The molecule has 0 aliphatic rings. The summed E-state index contributed by atoms with van der Waals surface area (Å²) in [4.78, 5) is 9.76. The van der Waals surface area contributed by atoms with Crippen molar-refractivity contribution in [3.05, 3.63) is 0 Å². The van der Waals surface area contributed by atoms with E-state index in [0.29, 0.717) is 6.42 Å². The number of halogens is 1. The van der Waals surface area contributed by atoms with Crippen LogP contribution in [0.5, 0.6) is 0 Å². The quantitative estimate of drug-likeness (QED) is 0.725. The van der Waals surface area contributed by atoms with Crippen molar-refractivity contribution in [1.29, 1.82) is 0 Å². The lowest BCUT2D eigenvalue weighted by molar-refractivity contribution is -0.137. The molecule has 12 heavy (non-hydrogen) atoms. The van der Waals surface area contributed by atoms with Crippen LogP contribution in [0.15, 0.2) is 0 Å². The van der Waals surface area contributed by atoms with Gasteiger partial charge in [0.2, 0.25) is 0 Å². The molecule has 0 aromatic rings. The highest BCUT2D eigenvalue weighted by Crippen LogP contribution is 1.91. The smallest absolute Gasteiger partial charge is 0.303 e. The summed E-state index contributed by atoms with van der Waals surface area (Å²) in [7, 11) is 0. The molecule has 0 atom stereocenters. The first kappa shape index (κ1) is 17.7. The zero-order valence-electron chi connectivity index (χ0n) is 7.88. The van der Waals surface area contributed by atoms with Crippen LogP contribution in [-0.2, 0) is 4.79 Å². The highest BCUT2D eigenvalue weighted by atomic mass is 35.5. The van der Waals surface area contributed by atoms with Gasteiger partial charge in [-0.05, 0) is 19.4 Å². The van der Waals surface area contributed by atoms with E-state index in [9.17, 15) is 4.79 Å². The first-order valence-electron chi connectivity index (χ1n) is 4.10. The predicted octanol–water partition coefficient (Wildman–Crippen LogP) is 2.04. The van der Waals surface area contributed by atoms with Crippen molar-refractivity contribution in [2.24, 2.45) is 5.73 Å². The van der Waals surface area contributed by atoms with Gasteiger partial charge in [0.05, 0.1) is 0 Å². The van der Waals surface area contributed by atoms with Gasteiger partial charge in [0, 0.05) is 6.42 Å². The molecule has 0 radical (unpaired) electrons. The highest BCUT2D eigenvalue weighted by molar-refractivity contribution is 5.85. The van der Waals surface area contributed by atoms with Gasteiger partial charge in [0.25, 0.3) is 0 Å². The number of hydrogen-bond acceptors (Lipinski definition) is 2. The Morgan fingerprint density at radius 1 is 1.33 bits per heavy atom. The molecule has 0 saturated carbocycles. The Morgan fingerprint density at radius 2 is 1.75 bits per heavy atom. The van der Waals surface area contributed by atoms with E-state index in [2.05, 4.69) is 6.92 Å². The molecule has 0 aromatic heterocycles. The zero-order valence-corrected chi connectivity index (χ0v) is 8.69. The van der Waals surface area contributed by atoms with Crippen LogP contribution in [0.1, 0.15) is 39.5 Å². The van der Waals surface area contributed by atoms with E-state index < -0.39 is 5.97 Å². The summed E-state index contributed by atoms with van der Waals surface area (Å²) in [6.45, 7) is 4.85. The van der Waals surface area contributed by atoms with Gasteiger partial charge in [0.1, 0.15) is 0 Å². The second-order valence-electron chi connectivity index (χ2n) is 2.29. The van der Waals surface area contributed by atoms with Gasteiger partial charge in [-0.1, -0.05) is 20.3 Å². The topological polar surface area (TPSA) is 63.3 Å². The lowest BCUT2D eigenvalue weighted by atomic mass is 10.3. The molecule has 0 aliphatic carbocycles. The number of nitrogens with two attached hydrogens (primary N) is 1. The van der Waals surface area contributed by atoms with Crippen LogP contribution < -0.4 is 5.73 Å². The van der Waals surface area contributed by atoms with Gasteiger partial charge in [-0.3, -0.25) is 4.79 Å². The summed E-state index contributed by atoms with van der Waals surface area (Å²) in [5.74, 6) is -0.693. The first-order valence-corrected chi connectivity index (χ1v) is 4.10. The molecular weight excluding hydrogens is 178 g/mol. The van der Waals surface area contributed by atoms with Crippen LogP contribution in [0.2, 0.25) is 0 Å². The monoisotopic (exact) mass is 197 g/mol. The molecule has 3 N–H and O–H groups in total. The van der Waals surface area contributed by atoms with Crippen molar-refractivity contribution in [2.45, 2.75) is 39.5 Å². The van der Waals surface area contributed by atoms with E-state index in [1.54, 1.807) is 0 Å². The minimum atomic E-state index is -0.693. The van der Waals surface area contributed by atoms with Gasteiger partial charge in [0.15, 0.2) is 0 Å². The summed E-state index contributed by atoms with van der Waals surface area (Å²) in [5, 5.41) is 8.04. The fraction of sp³-hybridized carbons (Fsp3) is 0.875. The van der Waals surface area contributed by atoms with Gasteiger partial charge < -0.3 is 10.8 Å². The Hall–Kier alpha value is -0.280. The molecule has 0 unspecified atom stereocenters. The maximum atomic E-state index is 9.76. The standard InChI is InChI=1S/C5H10O2.C3H9N.ClH/c1-2-3-4-5(6)7;1-2-3-4;/h2-4H2,1H3,(H,6,7);2-4H2,1H3;1H. The van der Waals surface area contributed by atoms with E-state index in [1.165, 1.54) is 0 Å². The van der Waals surface area contributed by atoms with Crippen molar-refractivity contribution in [3.63, 3.8) is 0 Å². The summed E-state index contributed by atoms with van der Waals surface area (Å²) in [6, 6.07) is 0. The van der Waals surface area contributed by atoms with Crippen LogP contribution >= 0.6 is 12.4 Å². The lowest BCUT2D eigenvalue weighted by Crippen LogP contribution is -1.93. The number of carbonyl (C=O) groups is 1. The lowest BCUT2D eigenvalue weighted by Gasteiger charge is -1.85. The van der Waals surface area contributed by atoms with E-state index in [4.69, 9.17) is 10.8 Å². The fourth-order valence-electron chi connectivity index (χ4n) is 0.328. The van der Waals surface area contributed by atoms with Crippen LogP contribution in [-0.4, -0.2) is 17.6 Å². The third-order valence-corrected chi connectivity index (χ3v) is 1.03. The fourth-order valence-corrected chi connectivity index (χ4v) is 0.328. The normalized spacial score (nSPS) is 7.58. The van der Waals surface area contributed by atoms with E-state index in [-0.39, 0.29) is 12.4 Å². The molecule has 76 valence electrons. The predicted molar refractivity (Wildman–Crippen MR) is 53.8 cm³/mol. The summed E-state index contributed by atoms with van der Waals surface area (Å²) in [5.41, 5.74) is 5.03. The number of aliphatic carboxylic acids is 1. The minimum Gasteiger partial charge on any atom is -0.481 e. The van der Waals surface area contributed by atoms with Crippen LogP contribution in [0.4, 0.5) is 0 Å². The molecule has 3 nitrogen and oxygen atoms in total. The zero-order chi connectivity index (χ0) is 9.11. The maximum Gasteiger partial charge on any atom is 0.303 e. The van der Waals surface area contributed by atoms with Crippen molar-refractivity contribution in [1.82, 2.24) is 0 Å². The summed E-state index contributed by atoms with van der Waals surface area (Å²) >= 11 is 0. The van der Waals surface area contributed by atoms with Crippen LogP contribution in [0.25, 0.3) is 0 Å².